The van der Waals surface area contributed by atoms with E-state index in [9.17, 15) is 9.59 Å². The number of halogens is 1. The van der Waals surface area contributed by atoms with Crippen LogP contribution in [0.15, 0.2) is 0 Å². The van der Waals surface area contributed by atoms with Gasteiger partial charge in [0.1, 0.15) is 11.5 Å². The second kappa shape index (κ2) is 8.41. The first kappa shape index (κ1) is 18.2. The molecule has 0 saturated carbocycles. The van der Waals surface area contributed by atoms with Gasteiger partial charge in [-0.05, 0) is 33.1 Å². The van der Waals surface area contributed by atoms with Crippen LogP contribution in [-0.2, 0) is 14.3 Å². The van der Waals surface area contributed by atoms with Gasteiger partial charge in [0.25, 0.3) is 0 Å². The first-order chi connectivity index (χ1) is 8.69. The van der Waals surface area contributed by atoms with Crippen LogP contribution in [0.1, 0.15) is 47.0 Å². The maximum atomic E-state index is 11.6. The molecule has 0 fully saturated rings. The smallest absolute Gasteiger partial charge is 0.306 e. The fourth-order valence-electron chi connectivity index (χ4n) is 1.73. The van der Waals surface area contributed by atoms with E-state index >= 15 is 0 Å². The van der Waals surface area contributed by atoms with Crippen molar-refractivity contribution in [3.05, 3.63) is 0 Å². The average molecular weight is 292 g/mol. The molecule has 0 aliphatic carbocycles. The zero-order valence-corrected chi connectivity index (χ0v) is 13.4. The van der Waals surface area contributed by atoms with Crippen LogP contribution in [-0.4, -0.2) is 41.8 Å². The Morgan fingerprint density at radius 1 is 1.32 bits per heavy atom. The summed E-state index contributed by atoms with van der Waals surface area (Å²) in [6, 6.07) is 0. The predicted molar refractivity (Wildman–Crippen MR) is 77.2 cm³/mol. The largest absolute Gasteiger partial charge is 0.460 e. The van der Waals surface area contributed by atoms with Gasteiger partial charge in [-0.3, -0.25) is 9.59 Å². The van der Waals surface area contributed by atoms with Gasteiger partial charge in [0, 0.05) is 20.0 Å². The summed E-state index contributed by atoms with van der Waals surface area (Å²) in [6.07, 6.45) is 2.03. The minimum atomic E-state index is -0.440. The summed E-state index contributed by atoms with van der Waals surface area (Å²) in [4.78, 5) is 24.6. The molecule has 5 heteroatoms. The molecule has 0 aromatic heterocycles. The number of ether oxygens (including phenoxy) is 1. The number of hydrogen-bond acceptors (Lipinski definition) is 3. The quantitative estimate of drug-likeness (QED) is 0.535. The summed E-state index contributed by atoms with van der Waals surface area (Å²) in [5.41, 5.74) is -0.440. The Kier molecular flexibility index (Phi) is 8.07. The fraction of sp³-hybridized carbons (Fsp3) is 0.857. The van der Waals surface area contributed by atoms with Crippen molar-refractivity contribution in [2.45, 2.75) is 52.6 Å². The highest BCUT2D eigenvalue weighted by Crippen LogP contribution is 2.15. The molecule has 112 valence electrons. The third kappa shape index (κ3) is 8.87. The van der Waals surface area contributed by atoms with Crippen molar-refractivity contribution in [3.8, 4) is 0 Å². The molecular weight excluding hydrogens is 266 g/mol. The van der Waals surface area contributed by atoms with E-state index in [0.29, 0.717) is 18.9 Å². The third-order valence-electron chi connectivity index (χ3n) is 2.83. The Bertz CT molecular complexity index is 300. The van der Waals surface area contributed by atoms with Gasteiger partial charge in [0.2, 0.25) is 5.91 Å². The monoisotopic (exact) mass is 291 g/mol. The van der Waals surface area contributed by atoms with Crippen LogP contribution in [0.25, 0.3) is 0 Å². The van der Waals surface area contributed by atoms with Crippen LogP contribution < -0.4 is 0 Å². The normalized spacial score (nSPS) is 12.9. The summed E-state index contributed by atoms with van der Waals surface area (Å²) in [5, 5.41) is 0. The highest BCUT2D eigenvalue weighted by Gasteiger charge is 2.19. The van der Waals surface area contributed by atoms with E-state index in [4.69, 9.17) is 16.3 Å². The van der Waals surface area contributed by atoms with Gasteiger partial charge in [-0.1, -0.05) is 13.3 Å². The molecule has 0 aliphatic rings. The van der Waals surface area contributed by atoms with E-state index < -0.39 is 5.60 Å². The zero-order valence-electron chi connectivity index (χ0n) is 12.7. The van der Waals surface area contributed by atoms with E-state index in [1.807, 2.05) is 20.8 Å². The summed E-state index contributed by atoms with van der Waals surface area (Å²) >= 11 is 5.51. The molecule has 19 heavy (non-hydrogen) atoms. The van der Waals surface area contributed by atoms with Gasteiger partial charge in [-0.25, -0.2) is 0 Å². The molecule has 0 bridgehead atoms. The number of carbonyl (C=O) groups excluding carboxylic acids is 2. The summed E-state index contributed by atoms with van der Waals surface area (Å²) in [5.74, 6) is 0.0262. The third-order valence-corrected chi connectivity index (χ3v) is 3.05. The first-order valence-electron chi connectivity index (χ1n) is 6.71. The molecule has 0 spiro atoms. The number of carbonyl (C=O) groups is 2. The molecular formula is C14H26ClNO3. The Labute approximate surface area is 121 Å². The highest BCUT2D eigenvalue weighted by atomic mass is 35.5. The molecule has 1 unspecified atom stereocenters. The number of esters is 1. The average Bonchev–Trinajstić information content (AvgIpc) is 2.30. The van der Waals surface area contributed by atoms with Gasteiger partial charge < -0.3 is 9.64 Å². The van der Waals surface area contributed by atoms with E-state index in [1.54, 1.807) is 11.9 Å². The Morgan fingerprint density at radius 3 is 2.32 bits per heavy atom. The molecule has 0 N–H and O–H groups in total. The van der Waals surface area contributed by atoms with E-state index in [1.165, 1.54) is 0 Å². The van der Waals surface area contributed by atoms with Crippen molar-refractivity contribution in [1.29, 1.82) is 0 Å². The Hall–Kier alpha value is -0.770. The van der Waals surface area contributed by atoms with Crippen LogP contribution in [0.2, 0.25) is 0 Å². The van der Waals surface area contributed by atoms with Gasteiger partial charge in [-0.2, -0.15) is 0 Å². The van der Waals surface area contributed by atoms with E-state index in [0.717, 1.165) is 12.8 Å². The minimum absolute atomic E-state index is 0.000992. The van der Waals surface area contributed by atoms with Crippen LogP contribution in [0.3, 0.4) is 0 Å². The molecule has 1 atom stereocenters. The summed E-state index contributed by atoms with van der Waals surface area (Å²) < 4.78 is 5.27. The predicted octanol–water partition coefficient (Wildman–Crippen LogP) is 2.83. The SMILES string of the molecule is CCC(CCC(=O)OC(C)(C)C)CN(C)C(=O)CCl. The lowest BCUT2D eigenvalue weighted by molar-refractivity contribution is -0.155. The van der Waals surface area contributed by atoms with Gasteiger partial charge in [-0.15, -0.1) is 11.6 Å². The van der Waals surface area contributed by atoms with Crippen LogP contribution in [0, 0.1) is 5.92 Å². The standard InChI is InChI=1S/C14H26ClNO3/c1-6-11(10-16(5)12(17)9-15)7-8-13(18)19-14(2,3)4/h11H,6-10H2,1-5H3. The number of alkyl halides is 1. The lowest BCUT2D eigenvalue weighted by Crippen LogP contribution is -2.33. The van der Waals surface area contributed by atoms with Crippen LogP contribution >= 0.6 is 11.6 Å². The van der Waals surface area contributed by atoms with Crippen molar-refractivity contribution in [2.75, 3.05) is 19.5 Å². The Morgan fingerprint density at radius 2 is 1.89 bits per heavy atom. The van der Waals surface area contributed by atoms with Crippen molar-refractivity contribution in [1.82, 2.24) is 4.90 Å². The Balaban J connectivity index is 4.13. The van der Waals surface area contributed by atoms with Crippen molar-refractivity contribution >= 4 is 23.5 Å². The lowest BCUT2D eigenvalue weighted by atomic mass is 9.99. The van der Waals surface area contributed by atoms with Crippen molar-refractivity contribution in [2.24, 2.45) is 5.92 Å². The fourth-order valence-corrected chi connectivity index (χ4v) is 1.93. The molecule has 0 rings (SSSR count). The molecule has 0 aromatic carbocycles. The lowest BCUT2D eigenvalue weighted by Gasteiger charge is -2.24. The number of hydrogen-bond donors (Lipinski definition) is 0. The molecule has 0 heterocycles. The van der Waals surface area contributed by atoms with Crippen molar-refractivity contribution < 1.29 is 14.3 Å². The van der Waals surface area contributed by atoms with Gasteiger partial charge in [0.15, 0.2) is 0 Å². The zero-order chi connectivity index (χ0) is 15.1. The van der Waals surface area contributed by atoms with E-state index in [-0.39, 0.29) is 17.8 Å². The maximum absolute atomic E-state index is 11.6. The van der Waals surface area contributed by atoms with Crippen LogP contribution in [0.4, 0.5) is 0 Å². The maximum Gasteiger partial charge on any atom is 0.306 e. The van der Waals surface area contributed by atoms with Gasteiger partial charge in [0.05, 0.1) is 0 Å². The number of amides is 1. The second-order valence-electron chi connectivity index (χ2n) is 5.81. The highest BCUT2D eigenvalue weighted by molar-refractivity contribution is 6.27. The van der Waals surface area contributed by atoms with E-state index in [2.05, 4.69) is 6.92 Å². The summed E-state index contributed by atoms with van der Waals surface area (Å²) in [6.45, 7) is 8.25. The molecule has 0 aromatic rings. The molecule has 1 amide bonds. The minimum Gasteiger partial charge on any atom is -0.460 e. The molecule has 0 aliphatic heterocycles. The van der Waals surface area contributed by atoms with Gasteiger partial charge >= 0.3 is 5.97 Å². The van der Waals surface area contributed by atoms with Crippen molar-refractivity contribution in [3.63, 3.8) is 0 Å². The molecule has 4 nitrogen and oxygen atoms in total. The first-order valence-corrected chi connectivity index (χ1v) is 7.24. The second-order valence-corrected chi connectivity index (χ2v) is 6.07. The number of nitrogens with zero attached hydrogens (tertiary/aromatic N) is 1. The number of rotatable bonds is 7. The molecule has 0 saturated heterocycles. The molecule has 0 radical (unpaired) electrons. The summed E-state index contributed by atoms with van der Waals surface area (Å²) in [7, 11) is 1.74. The topological polar surface area (TPSA) is 46.6 Å². The van der Waals surface area contributed by atoms with Crippen LogP contribution in [0.5, 0.6) is 0 Å².